The number of pyridine rings is 1. The molecule has 9 heteroatoms. The summed E-state index contributed by atoms with van der Waals surface area (Å²) in [6.45, 7) is 0. The first kappa shape index (κ1) is 21.1. The number of benzene rings is 2. The SMILES string of the molecule is Cn1ccc2c(Oc3ccc(NC(=O)c4nn(-c5ccccc5)ccc4=O)cc3F)ccnc21. The summed E-state index contributed by atoms with van der Waals surface area (Å²) in [5.41, 5.74) is 0.696. The molecule has 0 unspecified atom stereocenters. The van der Waals surface area contributed by atoms with Crippen molar-refractivity contribution >= 4 is 22.6 Å². The predicted octanol–water partition coefficient (Wildman–Crippen LogP) is 4.30. The maximum absolute atomic E-state index is 14.8. The Labute approximate surface area is 192 Å². The number of aryl methyl sites for hydroxylation is 1. The molecule has 34 heavy (non-hydrogen) atoms. The van der Waals surface area contributed by atoms with E-state index in [1.54, 1.807) is 24.4 Å². The fraction of sp³-hybridized carbons (Fsp3) is 0.0400. The third kappa shape index (κ3) is 4.02. The zero-order valence-corrected chi connectivity index (χ0v) is 18.0. The fourth-order valence-corrected chi connectivity index (χ4v) is 3.49. The average Bonchev–Trinajstić information content (AvgIpc) is 3.23. The number of halogens is 1. The number of ether oxygens (including phenoxy) is 1. The molecule has 0 fully saturated rings. The van der Waals surface area contributed by atoms with E-state index in [4.69, 9.17) is 4.74 Å². The van der Waals surface area contributed by atoms with Crippen LogP contribution in [0, 0.1) is 5.82 Å². The van der Waals surface area contributed by atoms with Gasteiger partial charge in [0.2, 0.25) is 5.43 Å². The summed E-state index contributed by atoms with van der Waals surface area (Å²) >= 11 is 0. The number of nitrogens with zero attached hydrogens (tertiary/aromatic N) is 4. The second-order valence-corrected chi connectivity index (χ2v) is 7.48. The van der Waals surface area contributed by atoms with Crippen LogP contribution in [-0.4, -0.2) is 25.2 Å². The molecule has 8 nitrogen and oxygen atoms in total. The van der Waals surface area contributed by atoms with E-state index in [1.807, 2.05) is 42.1 Å². The van der Waals surface area contributed by atoms with Crippen molar-refractivity contribution in [3.05, 3.63) is 107 Å². The molecule has 0 bridgehead atoms. The summed E-state index contributed by atoms with van der Waals surface area (Å²) in [7, 11) is 1.85. The predicted molar refractivity (Wildman–Crippen MR) is 125 cm³/mol. The number of aromatic nitrogens is 4. The molecule has 0 atom stereocenters. The van der Waals surface area contributed by atoms with Crippen LogP contribution in [0.15, 0.2) is 90.1 Å². The molecule has 3 aromatic heterocycles. The molecule has 2 aromatic carbocycles. The molecule has 0 saturated heterocycles. The first-order valence-electron chi connectivity index (χ1n) is 10.3. The summed E-state index contributed by atoms with van der Waals surface area (Å²) in [5.74, 6) is -0.986. The van der Waals surface area contributed by atoms with Crippen LogP contribution in [0.5, 0.6) is 11.5 Å². The lowest BCUT2D eigenvalue weighted by Gasteiger charge is -2.11. The highest BCUT2D eigenvalue weighted by Crippen LogP contribution is 2.31. The van der Waals surface area contributed by atoms with Gasteiger partial charge in [-0.2, -0.15) is 5.10 Å². The molecular formula is C25H18FN5O3. The third-order valence-electron chi connectivity index (χ3n) is 5.18. The molecule has 3 heterocycles. The number of rotatable bonds is 5. The fourth-order valence-electron chi connectivity index (χ4n) is 3.49. The number of carbonyl (C=O) groups is 1. The molecule has 1 N–H and O–H groups in total. The van der Waals surface area contributed by atoms with Crippen LogP contribution in [0.3, 0.4) is 0 Å². The van der Waals surface area contributed by atoms with Gasteiger partial charge in [0.05, 0.1) is 11.1 Å². The number of anilines is 1. The van der Waals surface area contributed by atoms with E-state index in [0.717, 1.165) is 11.5 Å². The summed E-state index contributed by atoms with van der Waals surface area (Å²) in [6.07, 6.45) is 4.89. The van der Waals surface area contributed by atoms with Crippen molar-refractivity contribution in [3.63, 3.8) is 0 Å². The lowest BCUT2D eigenvalue weighted by molar-refractivity contribution is 0.101. The van der Waals surface area contributed by atoms with Crippen molar-refractivity contribution in [2.75, 3.05) is 5.32 Å². The summed E-state index contributed by atoms with van der Waals surface area (Å²) in [5, 5.41) is 7.39. The Kier molecular flexibility index (Phi) is 5.35. The van der Waals surface area contributed by atoms with Crippen LogP contribution in [-0.2, 0) is 7.05 Å². The molecule has 5 aromatic rings. The number of amides is 1. The minimum Gasteiger partial charge on any atom is -0.453 e. The Morgan fingerprint density at radius 3 is 2.62 bits per heavy atom. The van der Waals surface area contributed by atoms with Crippen LogP contribution < -0.4 is 15.5 Å². The average molecular weight is 455 g/mol. The van der Waals surface area contributed by atoms with Gasteiger partial charge in [0.25, 0.3) is 5.91 Å². The minimum atomic E-state index is -0.747. The minimum absolute atomic E-state index is 0.0152. The van der Waals surface area contributed by atoms with Crippen molar-refractivity contribution < 1.29 is 13.9 Å². The van der Waals surface area contributed by atoms with E-state index in [0.29, 0.717) is 17.1 Å². The number of para-hydroxylation sites is 1. The third-order valence-corrected chi connectivity index (χ3v) is 5.18. The maximum Gasteiger partial charge on any atom is 0.280 e. The molecule has 0 spiro atoms. The highest BCUT2D eigenvalue weighted by atomic mass is 19.1. The Hall–Kier alpha value is -4.79. The molecule has 0 aliphatic rings. The Morgan fingerprint density at radius 1 is 1.00 bits per heavy atom. The number of hydrogen-bond donors (Lipinski definition) is 1. The van der Waals surface area contributed by atoms with Gasteiger partial charge in [0.15, 0.2) is 17.3 Å². The molecule has 0 radical (unpaired) electrons. The van der Waals surface area contributed by atoms with E-state index in [1.165, 1.54) is 29.1 Å². The highest BCUT2D eigenvalue weighted by molar-refractivity contribution is 6.02. The number of hydrogen-bond acceptors (Lipinski definition) is 5. The quantitative estimate of drug-likeness (QED) is 0.427. The molecule has 0 aliphatic heterocycles. The summed E-state index contributed by atoms with van der Waals surface area (Å²) < 4.78 is 23.8. The summed E-state index contributed by atoms with van der Waals surface area (Å²) in [6, 6.07) is 17.8. The molecule has 0 aliphatic carbocycles. The molecule has 0 saturated carbocycles. The van der Waals surface area contributed by atoms with Crippen molar-refractivity contribution in [1.82, 2.24) is 19.3 Å². The lowest BCUT2D eigenvalue weighted by atomic mass is 10.2. The first-order chi connectivity index (χ1) is 16.5. The van der Waals surface area contributed by atoms with E-state index >= 15 is 0 Å². The van der Waals surface area contributed by atoms with Gasteiger partial charge in [-0.3, -0.25) is 9.59 Å². The van der Waals surface area contributed by atoms with Gasteiger partial charge in [0.1, 0.15) is 11.4 Å². The summed E-state index contributed by atoms with van der Waals surface area (Å²) in [4.78, 5) is 29.2. The second kappa shape index (κ2) is 8.62. The first-order valence-corrected chi connectivity index (χ1v) is 10.3. The van der Waals surface area contributed by atoms with Gasteiger partial charge in [0, 0.05) is 43.5 Å². The Bertz CT molecular complexity index is 1580. The molecule has 168 valence electrons. The monoisotopic (exact) mass is 455 g/mol. The van der Waals surface area contributed by atoms with Crippen molar-refractivity contribution in [2.45, 2.75) is 0 Å². The van der Waals surface area contributed by atoms with Crippen LogP contribution in [0.2, 0.25) is 0 Å². The lowest BCUT2D eigenvalue weighted by Crippen LogP contribution is -2.25. The van der Waals surface area contributed by atoms with E-state index < -0.39 is 17.2 Å². The molecule has 5 rings (SSSR count). The van der Waals surface area contributed by atoms with Gasteiger partial charge < -0.3 is 14.6 Å². The topological polar surface area (TPSA) is 91.0 Å². The van der Waals surface area contributed by atoms with Crippen LogP contribution in [0.25, 0.3) is 16.7 Å². The van der Waals surface area contributed by atoms with Gasteiger partial charge in [-0.25, -0.2) is 14.1 Å². The van der Waals surface area contributed by atoms with E-state index in [9.17, 15) is 14.0 Å². The second-order valence-electron chi connectivity index (χ2n) is 7.48. The van der Waals surface area contributed by atoms with Crippen molar-refractivity contribution in [1.29, 1.82) is 0 Å². The van der Waals surface area contributed by atoms with Gasteiger partial charge in [-0.1, -0.05) is 18.2 Å². The zero-order valence-electron chi connectivity index (χ0n) is 18.0. The molecular weight excluding hydrogens is 437 g/mol. The van der Waals surface area contributed by atoms with Gasteiger partial charge in [-0.15, -0.1) is 0 Å². The highest BCUT2D eigenvalue weighted by Gasteiger charge is 2.16. The smallest absolute Gasteiger partial charge is 0.280 e. The Balaban J connectivity index is 1.37. The van der Waals surface area contributed by atoms with Gasteiger partial charge >= 0.3 is 0 Å². The van der Waals surface area contributed by atoms with Crippen LogP contribution >= 0.6 is 0 Å². The van der Waals surface area contributed by atoms with Crippen LogP contribution in [0.1, 0.15) is 10.5 Å². The van der Waals surface area contributed by atoms with Crippen LogP contribution in [0.4, 0.5) is 10.1 Å². The maximum atomic E-state index is 14.8. The Morgan fingerprint density at radius 2 is 1.82 bits per heavy atom. The van der Waals surface area contributed by atoms with E-state index in [2.05, 4.69) is 15.4 Å². The number of carbonyl (C=O) groups excluding carboxylic acids is 1. The number of nitrogens with one attached hydrogen (secondary N) is 1. The van der Waals surface area contributed by atoms with E-state index in [-0.39, 0.29) is 17.1 Å². The largest absolute Gasteiger partial charge is 0.453 e. The zero-order chi connectivity index (χ0) is 23.7. The van der Waals surface area contributed by atoms with Crippen molar-refractivity contribution in [3.8, 4) is 17.2 Å². The van der Waals surface area contributed by atoms with Crippen molar-refractivity contribution in [2.24, 2.45) is 7.05 Å². The number of fused-ring (bicyclic) bond motifs is 1. The molecule has 1 amide bonds. The normalized spacial score (nSPS) is 10.9. The van der Waals surface area contributed by atoms with Gasteiger partial charge in [-0.05, 0) is 36.4 Å². The standard InChI is InChI=1S/C25H18FN5O3/c1-30-13-10-18-21(9-12-27-24(18)30)34-22-8-7-16(15-19(22)26)28-25(33)23-20(32)11-14-31(29-23)17-5-3-2-4-6-17/h2-15H,1H3,(H,28,33).